The molecule has 0 bridgehead atoms. The first-order chi connectivity index (χ1) is 19.1. The van der Waals surface area contributed by atoms with E-state index in [-0.39, 0.29) is 17.2 Å². The zero-order valence-electron chi connectivity index (χ0n) is 22.5. The zero-order chi connectivity index (χ0) is 26.9. The first-order valence-corrected chi connectivity index (χ1v) is 15.0. The normalized spacial score (nSPS) is 18.2. The number of benzene rings is 2. The van der Waals surface area contributed by atoms with Crippen LogP contribution in [0.4, 0.5) is 0 Å². The minimum Gasteiger partial charge on any atom is -0.491 e. The highest BCUT2D eigenvalue weighted by Gasteiger charge is 2.40. The van der Waals surface area contributed by atoms with Gasteiger partial charge >= 0.3 is 0 Å². The van der Waals surface area contributed by atoms with E-state index in [0.717, 1.165) is 73.6 Å². The van der Waals surface area contributed by atoms with E-state index in [4.69, 9.17) is 9.72 Å². The summed E-state index contributed by atoms with van der Waals surface area (Å²) in [6.45, 7) is 3.43. The Bertz CT molecular complexity index is 1240. The van der Waals surface area contributed by atoms with Crippen LogP contribution in [0.1, 0.15) is 43.4 Å². The fourth-order valence-corrected chi connectivity index (χ4v) is 6.46. The van der Waals surface area contributed by atoms with E-state index < -0.39 is 0 Å². The highest BCUT2D eigenvalue weighted by molar-refractivity contribution is 7.13. The van der Waals surface area contributed by atoms with Crippen LogP contribution in [0, 0.1) is 5.41 Å². The van der Waals surface area contributed by atoms with Crippen molar-refractivity contribution in [3.63, 3.8) is 0 Å². The number of hydrogen-bond acceptors (Lipinski definition) is 6. The van der Waals surface area contributed by atoms with Crippen LogP contribution >= 0.6 is 11.3 Å². The van der Waals surface area contributed by atoms with Crippen LogP contribution in [0.5, 0.6) is 5.75 Å². The number of hydrogen-bond donors (Lipinski definition) is 2. The maximum Gasteiger partial charge on any atom is 0.234 e. The van der Waals surface area contributed by atoms with Gasteiger partial charge in [0.15, 0.2) is 0 Å². The monoisotopic (exact) mass is 546 g/mol. The van der Waals surface area contributed by atoms with Crippen molar-refractivity contribution in [1.82, 2.24) is 20.5 Å². The highest BCUT2D eigenvalue weighted by Crippen LogP contribution is 2.37. The number of aryl methyl sites for hydroxylation is 1. The third-order valence-electron chi connectivity index (χ3n) is 7.91. The van der Waals surface area contributed by atoms with Gasteiger partial charge in [0.25, 0.3) is 0 Å². The molecule has 3 aromatic rings. The molecule has 0 unspecified atom stereocenters. The second-order valence-electron chi connectivity index (χ2n) is 10.6. The molecule has 7 nitrogen and oxygen atoms in total. The maximum absolute atomic E-state index is 13.3. The van der Waals surface area contributed by atoms with Crippen LogP contribution in [0.3, 0.4) is 0 Å². The van der Waals surface area contributed by atoms with Gasteiger partial charge in [-0.05, 0) is 56.8 Å². The van der Waals surface area contributed by atoms with Gasteiger partial charge in [0, 0.05) is 23.9 Å². The molecule has 3 heterocycles. The molecule has 5 rings (SSSR count). The highest BCUT2D eigenvalue weighted by atomic mass is 32.1. The van der Waals surface area contributed by atoms with Crippen molar-refractivity contribution in [2.24, 2.45) is 5.41 Å². The van der Waals surface area contributed by atoms with Gasteiger partial charge in [-0.25, -0.2) is 4.98 Å². The molecular formula is C31H38N4O3S. The van der Waals surface area contributed by atoms with Crippen molar-refractivity contribution in [2.45, 2.75) is 44.9 Å². The van der Waals surface area contributed by atoms with E-state index in [9.17, 15) is 9.59 Å². The number of likely N-dealkylation sites (tertiary alicyclic amines) is 1. The average molecular weight is 547 g/mol. The number of carbonyl (C=O) groups is 2. The summed E-state index contributed by atoms with van der Waals surface area (Å²) in [5, 5.41) is 9.26. The quantitative estimate of drug-likeness (QED) is 0.477. The van der Waals surface area contributed by atoms with Gasteiger partial charge in [0.2, 0.25) is 11.8 Å². The SMILES string of the molecule is O=C(CN1CCC2(CCCCc3ccccc3OCCNC2=O)CC1)NCCc1csc(-c2ccccc2)n1. The second-order valence-corrected chi connectivity index (χ2v) is 11.4. The molecule has 2 N–H and O–H groups in total. The molecule has 1 saturated heterocycles. The molecule has 2 aliphatic rings. The Labute approximate surface area is 235 Å². The molecule has 2 aromatic carbocycles. The van der Waals surface area contributed by atoms with E-state index in [0.29, 0.717) is 32.7 Å². The summed E-state index contributed by atoms with van der Waals surface area (Å²) >= 11 is 1.63. The summed E-state index contributed by atoms with van der Waals surface area (Å²) in [7, 11) is 0. The van der Waals surface area contributed by atoms with Crippen molar-refractivity contribution in [3.05, 3.63) is 71.2 Å². The number of nitrogens with zero attached hydrogens (tertiary/aromatic N) is 2. The number of carbonyl (C=O) groups excluding carboxylic acids is 2. The minimum atomic E-state index is -0.354. The first-order valence-electron chi connectivity index (χ1n) is 14.1. The van der Waals surface area contributed by atoms with Crippen molar-refractivity contribution < 1.29 is 14.3 Å². The van der Waals surface area contributed by atoms with Gasteiger partial charge in [-0.2, -0.15) is 0 Å². The van der Waals surface area contributed by atoms with E-state index in [1.54, 1.807) is 11.3 Å². The second kappa shape index (κ2) is 13.2. The summed E-state index contributed by atoms with van der Waals surface area (Å²) < 4.78 is 5.96. The molecule has 0 radical (unpaired) electrons. The molecular weight excluding hydrogens is 508 g/mol. The summed E-state index contributed by atoms with van der Waals surface area (Å²) in [4.78, 5) is 32.8. The predicted molar refractivity (Wildman–Crippen MR) is 155 cm³/mol. The summed E-state index contributed by atoms with van der Waals surface area (Å²) in [5.41, 5.74) is 3.01. The van der Waals surface area contributed by atoms with Crippen LogP contribution in [-0.4, -0.2) is 61.0 Å². The molecule has 0 aliphatic carbocycles. The van der Waals surface area contributed by atoms with Gasteiger partial charge in [-0.3, -0.25) is 14.5 Å². The Balaban J connectivity index is 1.07. The van der Waals surface area contributed by atoms with E-state index >= 15 is 0 Å². The Morgan fingerprint density at radius 2 is 1.85 bits per heavy atom. The molecule has 2 aliphatic heterocycles. The summed E-state index contributed by atoms with van der Waals surface area (Å²) in [5.74, 6) is 1.10. The number of piperidine rings is 1. The fourth-order valence-electron chi connectivity index (χ4n) is 5.60. The first kappa shape index (κ1) is 27.3. The average Bonchev–Trinajstić information content (AvgIpc) is 3.44. The van der Waals surface area contributed by atoms with Crippen LogP contribution < -0.4 is 15.4 Å². The van der Waals surface area contributed by atoms with Crippen molar-refractivity contribution in [3.8, 4) is 16.3 Å². The number of thiazole rings is 1. The van der Waals surface area contributed by atoms with E-state index in [2.05, 4.69) is 45.2 Å². The summed E-state index contributed by atoms with van der Waals surface area (Å²) in [6.07, 6.45) is 6.18. The van der Waals surface area contributed by atoms with Gasteiger partial charge in [-0.15, -0.1) is 11.3 Å². The predicted octanol–water partition coefficient (Wildman–Crippen LogP) is 4.47. The van der Waals surface area contributed by atoms with Crippen LogP contribution in [0.15, 0.2) is 60.0 Å². The third kappa shape index (κ3) is 7.25. The Morgan fingerprint density at radius 1 is 1.05 bits per heavy atom. The molecule has 1 fully saturated rings. The Hall–Kier alpha value is -3.23. The van der Waals surface area contributed by atoms with Crippen molar-refractivity contribution in [2.75, 3.05) is 39.3 Å². The fraction of sp³-hybridized carbons (Fsp3) is 0.452. The number of amides is 2. The van der Waals surface area contributed by atoms with Crippen molar-refractivity contribution >= 4 is 23.2 Å². The van der Waals surface area contributed by atoms with E-state index in [1.807, 2.05) is 30.3 Å². The molecule has 2 amide bonds. The third-order valence-corrected chi connectivity index (χ3v) is 8.85. The van der Waals surface area contributed by atoms with E-state index in [1.165, 1.54) is 5.56 Å². The van der Waals surface area contributed by atoms with Crippen LogP contribution in [-0.2, 0) is 22.4 Å². The molecule has 8 heteroatoms. The molecule has 1 spiro atoms. The molecule has 206 valence electrons. The Kier molecular flexibility index (Phi) is 9.27. The lowest BCUT2D eigenvalue weighted by Gasteiger charge is -2.40. The van der Waals surface area contributed by atoms with Crippen molar-refractivity contribution in [1.29, 1.82) is 0 Å². The van der Waals surface area contributed by atoms with Gasteiger partial charge < -0.3 is 15.4 Å². The summed E-state index contributed by atoms with van der Waals surface area (Å²) in [6, 6.07) is 18.4. The molecule has 0 atom stereocenters. The lowest BCUT2D eigenvalue weighted by atomic mass is 9.73. The van der Waals surface area contributed by atoms with Gasteiger partial charge in [0.05, 0.1) is 24.2 Å². The number of nitrogens with one attached hydrogen (secondary N) is 2. The molecule has 0 saturated carbocycles. The smallest absolute Gasteiger partial charge is 0.234 e. The Morgan fingerprint density at radius 3 is 2.69 bits per heavy atom. The topological polar surface area (TPSA) is 83.6 Å². The lowest BCUT2D eigenvalue weighted by Crippen LogP contribution is -2.51. The number of fused-ring (bicyclic) bond motifs is 1. The standard InChI is InChI=1S/C31H38N4O3S/c36-28(32-17-13-26-23-39-29(34-26)25-10-2-1-3-11-25)22-35-19-15-31(16-20-35)14-7-6-9-24-8-4-5-12-27(24)38-21-18-33-30(31)37/h1-5,8,10-12,23H,6-7,9,13-22H2,(H,32,36)(H,33,37). The molecule has 39 heavy (non-hydrogen) atoms. The number of rotatable bonds is 6. The molecule has 1 aromatic heterocycles. The zero-order valence-corrected chi connectivity index (χ0v) is 23.3. The van der Waals surface area contributed by atoms with Gasteiger partial charge in [-0.1, -0.05) is 55.0 Å². The number of para-hydroxylation sites is 1. The lowest BCUT2D eigenvalue weighted by molar-refractivity contribution is -0.135. The largest absolute Gasteiger partial charge is 0.491 e. The minimum absolute atomic E-state index is 0.0309. The van der Waals surface area contributed by atoms with Crippen LogP contribution in [0.2, 0.25) is 0 Å². The maximum atomic E-state index is 13.3. The number of aromatic nitrogens is 1. The number of ether oxygens (including phenoxy) is 1. The van der Waals surface area contributed by atoms with Gasteiger partial charge in [0.1, 0.15) is 17.4 Å². The van der Waals surface area contributed by atoms with Crippen LogP contribution in [0.25, 0.3) is 10.6 Å².